The lowest BCUT2D eigenvalue weighted by atomic mass is 10.1. The fourth-order valence-corrected chi connectivity index (χ4v) is 2.66. The molecule has 0 aromatic heterocycles. The summed E-state index contributed by atoms with van der Waals surface area (Å²) in [7, 11) is 3.44. The number of ether oxygens (including phenoxy) is 1. The van der Waals surface area contributed by atoms with Gasteiger partial charge in [0, 0.05) is 25.9 Å². The number of hydrogen-bond acceptors (Lipinski definition) is 3. The third-order valence-corrected chi connectivity index (χ3v) is 3.65. The predicted molar refractivity (Wildman–Crippen MR) is 81.3 cm³/mol. The average molecular weight is 289 g/mol. The second-order valence-electron chi connectivity index (χ2n) is 6.78. The number of aldehydes is 1. The molecule has 2 rings (SSSR count). The molecule has 0 radical (unpaired) electrons. The third kappa shape index (κ3) is 3.43. The zero-order chi connectivity index (χ0) is 15.8. The molecule has 4 heteroatoms. The summed E-state index contributed by atoms with van der Waals surface area (Å²) >= 11 is 0. The van der Waals surface area contributed by atoms with Gasteiger partial charge in [-0.1, -0.05) is 12.1 Å². The van der Waals surface area contributed by atoms with Gasteiger partial charge in [0.25, 0.3) is 0 Å². The first-order valence-corrected chi connectivity index (χ1v) is 7.20. The zero-order valence-electron chi connectivity index (χ0n) is 13.3. The van der Waals surface area contributed by atoms with Crippen molar-refractivity contribution >= 4 is 12.2 Å². The molecule has 0 heterocycles. The molecular weight excluding hydrogens is 266 g/mol. The van der Waals surface area contributed by atoms with Gasteiger partial charge in [0.2, 0.25) is 5.91 Å². The summed E-state index contributed by atoms with van der Waals surface area (Å²) in [6, 6.07) is 7.70. The van der Waals surface area contributed by atoms with Crippen LogP contribution >= 0.6 is 0 Å². The van der Waals surface area contributed by atoms with E-state index in [1.807, 2.05) is 45.0 Å². The minimum absolute atomic E-state index is 0.00101. The molecule has 1 aliphatic rings. The lowest BCUT2D eigenvalue weighted by Gasteiger charge is -2.21. The fraction of sp³-hybridized carbons (Fsp3) is 0.529. The van der Waals surface area contributed by atoms with Gasteiger partial charge in [0.15, 0.2) is 0 Å². The van der Waals surface area contributed by atoms with E-state index in [0.717, 1.165) is 17.6 Å². The molecular formula is C17H23NO3. The van der Waals surface area contributed by atoms with Crippen LogP contribution in [0.2, 0.25) is 0 Å². The Morgan fingerprint density at radius 1 is 1.19 bits per heavy atom. The highest BCUT2D eigenvalue weighted by molar-refractivity contribution is 5.88. The fourth-order valence-electron chi connectivity index (χ4n) is 2.66. The van der Waals surface area contributed by atoms with Crippen LogP contribution < -0.4 is 4.74 Å². The molecule has 1 aromatic rings. The van der Waals surface area contributed by atoms with Gasteiger partial charge < -0.3 is 14.4 Å². The van der Waals surface area contributed by atoms with Gasteiger partial charge >= 0.3 is 0 Å². The van der Waals surface area contributed by atoms with Crippen molar-refractivity contribution in [2.45, 2.75) is 32.3 Å². The van der Waals surface area contributed by atoms with E-state index in [4.69, 9.17) is 4.74 Å². The first-order valence-electron chi connectivity index (χ1n) is 7.20. The van der Waals surface area contributed by atoms with Gasteiger partial charge in [0.05, 0.1) is 5.92 Å². The molecule has 0 bridgehead atoms. The average Bonchev–Trinajstić information content (AvgIpc) is 3.10. The van der Waals surface area contributed by atoms with Crippen LogP contribution in [0.15, 0.2) is 24.3 Å². The monoisotopic (exact) mass is 289 g/mol. The van der Waals surface area contributed by atoms with E-state index in [2.05, 4.69) is 0 Å². The predicted octanol–water partition coefficient (Wildman–Crippen LogP) is 2.48. The van der Waals surface area contributed by atoms with Crippen molar-refractivity contribution in [3.8, 4) is 5.75 Å². The van der Waals surface area contributed by atoms with Gasteiger partial charge in [-0.2, -0.15) is 0 Å². The smallest absolute Gasteiger partial charge is 0.226 e. The summed E-state index contributed by atoms with van der Waals surface area (Å²) in [6.45, 7) is 5.99. The topological polar surface area (TPSA) is 46.6 Å². The van der Waals surface area contributed by atoms with Crippen LogP contribution in [0.25, 0.3) is 0 Å². The van der Waals surface area contributed by atoms with Gasteiger partial charge in [0.1, 0.15) is 17.6 Å². The minimum Gasteiger partial charge on any atom is -0.488 e. The number of carbonyl (C=O) groups is 2. The highest BCUT2D eigenvalue weighted by atomic mass is 16.5. The Morgan fingerprint density at radius 3 is 2.19 bits per heavy atom. The Hall–Kier alpha value is -1.84. The maximum Gasteiger partial charge on any atom is 0.226 e. The lowest BCUT2D eigenvalue weighted by molar-refractivity contribution is -0.131. The van der Waals surface area contributed by atoms with Crippen molar-refractivity contribution in [2.24, 2.45) is 11.8 Å². The molecule has 0 spiro atoms. The molecule has 0 saturated heterocycles. The van der Waals surface area contributed by atoms with Crippen molar-refractivity contribution in [2.75, 3.05) is 14.1 Å². The van der Waals surface area contributed by atoms with E-state index < -0.39 is 0 Å². The standard InChI is InChI=1S/C17H23NO3/c1-17(2,3)21-12-8-6-11(7-9-12)14-13(10-19)15(14)16(20)18(4)5/h6-10,13-15H,1-5H3/t13-,14+,15-/m0/s1. The molecule has 1 saturated carbocycles. The van der Waals surface area contributed by atoms with Crippen LogP contribution in [0.4, 0.5) is 0 Å². The maximum atomic E-state index is 12.1. The number of rotatable bonds is 4. The maximum absolute atomic E-state index is 12.1. The molecule has 0 unspecified atom stereocenters. The SMILES string of the molecule is CN(C)C(=O)[C@H]1[C@@H](C=O)[C@H]1c1ccc(OC(C)(C)C)cc1. The van der Waals surface area contributed by atoms with Crippen molar-refractivity contribution in [3.63, 3.8) is 0 Å². The summed E-state index contributed by atoms with van der Waals surface area (Å²) in [6.07, 6.45) is 0.899. The van der Waals surface area contributed by atoms with Crippen LogP contribution in [-0.2, 0) is 9.59 Å². The molecule has 1 fully saturated rings. The van der Waals surface area contributed by atoms with Crippen molar-refractivity contribution < 1.29 is 14.3 Å². The van der Waals surface area contributed by atoms with Crippen LogP contribution in [0.1, 0.15) is 32.3 Å². The van der Waals surface area contributed by atoms with Crippen LogP contribution in [0.5, 0.6) is 5.75 Å². The van der Waals surface area contributed by atoms with E-state index in [9.17, 15) is 9.59 Å². The van der Waals surface area contributed by atoms with Crippen LogP contribution in [-0.4, -0.2) is 36.8 Å². The molecule has 0 aliphatic heterocycles. The van der Waals surface area contributed by atoms with E-state index in [-0.39, 0.29) is 29.3 Å². The van der Waals surface area contributed by atoms with Gasteiger partial charge in [-0.15, -0.1) is 0 Å². The molecule has 3 atom stereocenters. The summed E-state index contributed by atoms with van der Waals surface area (Å²) in [5.74, 6) is 0.402. The number of benzene rings is 1. The van der Waals surface area contributed by atoms with Crippen molar-refractivity contribution in [3.05, 3.63) is 29.8 Å². The van der Waals surface area contributed by atoms with E-state index in [1.54, 1.807) is 19.0 Å². The quantitative estimate of drug-likeness (QED) is 0.800. The Balaban J connectivity index is 2.12. The second-order valence-corrected chi connectivity index (χ2v) is 6.78. The molecule has 1 aromatic carbocycles. The normalized spacial score (nSPS) is 24.3. The Bertz CT molecular complexity index is 528. The third-order valence-electron chi connectivity index (χ3n) is 3.65. The van der Waals surface area contributed by atoms with Crippen molar-refractivity contribution in [1.82, 2.24) is 4.90 Å². The second kappa shape index (κ2) is 5.51. The molecule has 114 valence electrons. The summed E-state index contributed by atoms with van der Waals surface area (Å²) < 4.78 is 5.78. The number of nitrogens with zero attached hydrogens (tertiary/aromatic N) is 1. The van der Waals surface area contributed by atoms with E-state index >= 15 is 0 Å². The lowest BCUT2D eigenvalue weighted by Crippen LogP contribution is -2.24. The highest BCUT2D eigenvalue weighted by Crippen LogP contribution is 2.53. The molecule has 21 heavy (non-hydrogen) atoms. The molecule has 4 nitrogen and oxygen atoms in total. The Morgan fingerprint density at radius 2 is 1.76 bits per heavy atom. The first kappa shape index (κ1) is 15.5. The molecule has 0 N–H and O–H groups in total. The van der Waals surface area contributed by atoms with E-state index in [0.29, 0.717) is 0 Å². The first-order chi connectivity index (χ1) is 9.74. The summed E-state index contributed by atoms with van der Waals surface area (Å²) in [4.78, 5) is 24.8. The number of amides is 1. The minimum atomic E-state index is -0.240. The van der Waals surface area contributed by atoms with Gasteiger partial charge in [-0.3, -0.25) is 4.79 Å². The summed E-state index contributed by atoms with van der Waals surface area (Å²) in [5, 5.41) is 0. The molecule has 1 aliphatic carbocycles. The van der Waals surface area contributed by atoms with Crippen molar-refractivity contribution in [1.29, 1.82) is 0 Å². The van der Waals surface area contributed by atoms with Crippen LogP contribution in [0.3, 0.4) is 0 Å². The molecule has 1 amide bonds. The van der Waals surface area contributed by atoms with Gasteiger partial charge in [-0.25, -0.2) is 0 Å². The largest absolute Gasteiger partial charge is 0.488 e. The van der Waals surface area contributed by atoms with E-state index in [1.165, 1.54) is 0 Å². The highest BCUT2D eigenvalue weighted by Gasteiger charge is 2.55. The Kier molecular flexibility index (Phi) is 4.08. The summed E-state index contributed by atoms with van der Waals surface area (Å²) in [5.41, 5.74) is 0.782. The van der Waals surface area contributed by atoms with Gasteiger partial charge in [-0.05, 0) is 38.5 Å². The Labute approximate surface area is 126 Å². The van der Waals surface area contributed by atoms with Crippen LogP contribution in [0, 0.1) is 11.8 Å². The number of hydrogen-bond donors (Lipinski definition) is 0. The zero-order valence-corrected chi connectivity index (χ0v) is 13.3. The number of carbonyl (C=O) groups excluding carboxylic acids is 2.